The van der Waals surface area contributed by atoms with E-state index >= 15 is 0 Å². The van der Waals surface area contributed by atoms with Gasteiger partial charge in [0, 0.05) is 31.3 Å². The lowest BCUT2D eigenvalue weighted by Gasteiger charge is -2.30. The number of fused-ring (bicyclic) bond motifs is 1. The van der Waals surface area contributed by atoms with E-state index in [9.17, 15) is 14.4 Å². The van der Waals surface area contributed by atoms with Crippen molar-refractivity contribution in [3.63, 3.8) is 0 Å². The van der Waals surface area contributed by atoms with Crippen LogP contribution in [-0.4, -0.2) is 45.3 Å². The number of para-hydroxylation sites is 1. The average Bonchev–Trinajstić information content (AvgIpc) is 2.87. The minimum atomic E-state index is -0.645. The Kier molecular flexibility index (Phi) is 7.95. The molecule has 0 unspecified atom stereocenters. The zero-order valence-corrected chi connectivity index (χ0v) is 19.6. The molecule has 1 N–H and O–H groups in total. The SMILES string of the molecule is COCCOC(=O)Nc1cccc(/C=C/C(=O)c2c(N3CCCCC3)c3ccccc3oc2=O)c1. The maximum absolute atomic E-state index is 13.3. The molecule has 0 radical (unpaired) electrons. The van der Waals surface area contributed by atoms with Gasteiger partial charge in [0.2, 0.25) is 0 Å². The van der Waals surface area contributed by atoms with Gasteiger partial charge in [0.05, 0.1) is 12.3 Å². The molecule has 0 atom stereocenters. The molecule has 1 fully saturated rings. The molecular formula is C27H28N2O6. The van der Waals surface area contributed by atoms with Crippen LogP contribution in [0.1, 0.15) is 35.2 Å². The molecule has 3 aromatic rings. The fourth-order valence-electron chi connectivity index (χ4n) is 4.14. The quantitative estimate of drug-likeness (QED) is 0.214. The summed E-state index contributed by atoms with van der Waals surface area (Å²) in [4.78, 5) is 40.2. The normalized spacial score (nSPS) is 13.8. The van der Waals surface area contributed by atoms with E-state index in [0.717, 1.165) is 37.7 Å². The van der Waals surface area contributed by atoms with Crippen LogP contribution in [-0.2, 0) is 9.47 Å². The second kappa shape index (κ2) is 11.5. The Bertz CT molecular complexity index is 1290. The van der Waals surface area contributed by atoms with Gasteiger partial charge in [0.25, 0.3) is 0 Å². The summed E-state index contributed by atoms with van der Waals surface area (Å²) in [5, 5.41) is 3.39. The molecule has 182 valence electrons. The number of carbonyl (C=O) groups is 2. The number of nitrogens with one attached hydrogen (secondary N) is 1. The zero-order chi connectivity index (χ0) is 24.6. The Balaban J connectivity index is 1.59. The highest BCUT2D eigenvalue weighted by Gasteiger charge is 2.24. The minimum absolute atomic E-state index is 0.0397. The lowest BCUT2D eigenvalue weighted by molar-refractivity contribution is 0.104. The van der Waals surface area contributed by atoms with Crippen LogP contribution in [0.15, 0.2) is 63.8 Å². The Morgan fingerprint density at radius 2 is 1.86 bits per heavy atom. The third-order valence-corrected chi connectivity index (χ3v) is 5.79. The first kappa shape index (κ1) is 24.2. The largest absolute Gasteiger partial charge is 0.447 e. The summed E-state index contributed by atoms with van der Waals surface area (Å²) in [6.45, 7) is 2.02. The Labute approximate surface area is 203 Å². The molecule has 0 bridgehead atoms. The third kappa shape index (κ3) is 5.96. The van der Waals surface area contributed by atoms with Crippen molar-refractivity contribution in [2.24, 2.45) is 0 Å². The molecule has 35 heavy (non-hydrogen) atoms. The molecule has 1 aliphatic heterocycles. The summed E-state index contributed by atoms with van der Waals surface area (Å²) in [6, 6.07) is 14.3. The summed E-state index contributed by atoms with van der Waals surface area (Å²) >= 11 is 0. The van der Waals surface area contributed by atoms with Crippen LogP contribution in [0.3, 0.4) is 0 Å². The Morgan fingerprint density at radius 3 is 2.66 bits per heavy atom. The maximum atomic E-state index is 13.3. The highest BCUT2D eigenvalue weighted by Crippen LogP contribution is 2.31. The molecule has 2 heterocycles. The Morgan fingerprint density at radius 1 is 1.06 bits per heavy atom. The number of amides is 1. The molecule has 0 saturated carbocycles. The van der Waals surface area contributed by atoms with Crippen molar-refractivity contribution >= 4 is 40.3 Å². The molecular weight excluding hydrogens is 448 g/mol. The zero-order valence-electron chi connectivity index (χ0n) is 19.6. The van der Waals surface area contributed by atoms with Gasteiger partial charge in [-0.1, -0.05) is 30.3 Å². The fourth-order valence-corrected chi connectivity index (χ4v) is 4.14. The number of rotatable bonds is 8. The van der Waals surface area contributed by atoms with Crippen LogP contribution >= 0.6 is 0 Å². The van der Waals surface area contributed by atoms with Gasteiger partial charge in [-0.05, 0) is 55.2 Å². The van der Waals surface area contributed by atoms with Gasteiger partial charge in [-0.2, -0.15) is 0 Å². The smallest absolute Gasteiger partial charge is 0.411 e. The van der Waals surface area contributed by atoms with Crippen LogP contribution in [0.5, 0.6) is 0 Å². The first-order valence-electron chi connectivity index (χ1n) is 11.6. The van der Waals surface area contributed by atoms with Gasteiger partial charge in [-0.3, -0.25) is 10.1 Å². The van der Waals surface area contributed by atoms with E-state index in [4.69, 9.17) is 13.9 Å². The summed E-state index contributed by atoms with van der Waals surface area (Å²) in [7, 11) is 1.52. The molecule has 1 aromatic heterocycles. The van der Waals surface area contributed by atoms with Crippen LogP contribution in [0, 0.1) is 0 Å². The summed E-state index contributed by atoms with van der Waals surface area (Å²) in [6.07, 6.45) is 5.52. The van der Waals surface area contributed by atoms with E-state index in [2.05, 4.69) is 10.2 Å². The van der Waals surface area contributed by atoms with E-state index in [-0.39, 0.29) is 12.2 Å². The van der Waals surface area contributed by atoms with Gasteiger partial charge in [-0.25, -0.2) is 9.59 Å². The number of nitrogens with zero attached hydrogens (tertiary/aromatic N) is 1. The summed E-state index contributed by atoms with van der Waals surface area (Å²) in [5.74, 6) is -0.428. The average molecular weight is 477 g/mol. The minimum Gasteiger partial charge on any atom is -0.447 e. The maximum Gasteiger partial charge on any atom is 0.411 e. The lowest BCUT2D eigenvalue weighted by Crippen LogP contribution is -2.32. The van der Waals surface area contributed by atoms with Crippen LogP contribution in [0.4, 0.5) is 16.2 Å². The van der Waals surface area contributed by atoms with Crippen LogP contribution in [0.2, 0.25) is 0 Å². The Hall–Kier alpha value is -3.91. The van der Waals surface area contributed by atoms with E-state index in [0.29, 0.717) is 29.1 Å². The van der Waals surface area contributed by atoms with Crippen molar-refractivity contribution in [1.82, 2.24) is 0 Å². The highest BCUT2D eigenvalue weighted by molar-refractivity contribution is 6.14. The molecule has 1 aliphatic rings. The summed E-state index contributed by atoms with van der Waals surface area (Å²) < 4.78 is 15.4. The van der Waals surface area contributed by atoms with Crippen molar-refractivity contribution < 1.29 is 23.5 Å². The van der Waals surface area contributed by atoms with E-state index < -0.39 is 17.5 Å². The van der Waals surface area contributed by atoms with Crippen molar-refractivity contribution in [2.75, 3.05) is 43.6 Å². The van der Waals surface area contributed by atoms with Gasteiger partial charge in [0.1, 0.15) is 17.8 Å². The van der Waals surface area contributed by atoms with Gasteiger partial charge >= 0.3 is 11.7 Å². The topological polar surface area (TPSA) is 98.1 Å². The molecule has 8 nitrogen and oxygen atoms in total. The molecule has 0 aliphatic carbocycles. The second-order valence-corrected chi connectivity index (χ2v) is 8.23. The van der Waals surface area contributed by atoms with Crippen LogP contribution in [0.25, 0.3) is 17.0 Å². The molecule has 2 aromatic carbocycles. The lowest BCUT2D eigenvalue weighted by atomic mass is 10.0. The van der Waals surface area contributed by atoms with Crippen molar-refractivity contribution in [3.05, 3.63) is 76.2 Å². The number of allylic oxidation sites excluding steroid dienone is 1. The van der Waals surface area contributed by atoms with E-state index in [1.807, 2.05) is 12.1 Å². The number of hydrogen-bond donors (Lipinski definition) is 1. The number of ketones is 1. The third-order valence-electron chi connectivity index (χ3n) is 5.79. The number of benzene rings is 2. The monoisotopic (exact) mass is 476 g/mol. The predicted molar refractivity (Wildman–Crippen MR) is 135 cm³/mol. The van der Waals surface area contributed by atoms with Gasteiger partial charge in [-0.15, -0.1) is 0 Å². The highest BCUT2D eigenvalue weighted by atomic mass is 16.6. The number of hydrogen-bond acceptors (Lipinski definition) is 7. The number of methoxy groups -OCH3 is 1. The molecule has 4 rings (SSSR count). The van der Waals surface area contributed by atoms with Crippen molar-refractivity contribution in [3.8, 4) is 0 Å². The molecule has 1 amide bonds. The van der Waals surface area contributed by atoms with Crippen molar-refractivity contribution in [2.45, 2.75) is 19.3 Å². The fraction of sp³-hybridized carbons (Fsp3) is 0.296. The predicted octanol–water partition coefficient (Wildman–Crippen LogP) is 4.87. The molecule has 1 saturated heterocycles. The van der Waals surface area contributed by atoms with E-state index in [1.54, 1.807) is 42.5 Å². The standard InChI is InChI=1S/C27H28N2O6/c1-33-16-17-34-27(32)28-20-9-7-8-19(18-20)12-13-22(30)24-25(29-14-5-2-6-15-29)21-10-3-4-11-23(21)35-26(24)31/h3-4,7-13,18H,2,5-6,14-17H2,1H3,(H,28,32)/b13-12+. The number of carbonyl (C=O) groups excluding carboxylic acids is 2. The first-order chi connectivity index (χ1) is 17.1. The van der Waals surface area contributed by atoms with Crippen LogP contribution < -0.4 is 15.8 Å². The second-order valence-electron chi connectivity index (χ2n) is 8.23. The van der Waals surface area contributed by atoms with Gasteiger partial charge < -0.3 is 18.8 Å². The van der Waals surface area contributed by atoms with Crippen molar-refractivity contribution in [1.29, 1.82) is 0 Å². The van der Waals surface area contributed by atoms with Gasteiger partial charge in [0.15, 0.2) is 5.78 Å². The summed E-state index contributed by atoms with van der Waals surface area (Å²) in [5.41, 5.74) is 1.69. The van der Waals surface area contributed by atoms with E-state index in [1.165, 1.54) is 13.2 Å². The first-order valence-corrected chi connectivity index (χ1v) is 11.6. The number of ether oxygens (including phenoxy) is 2. The molecule has 8 heteroatoms. The molecule has 0 spiro atoms. The number of piperidine rings is 1. The number of anilines is 2.